The highest BCUT2D eigenvalue weighted by atomic mass is 19.1. The molecule has 0 amide bonds. The van der Waals surface area contributed by atoms with Crippen LogP contribution in [-0.2, 0) is 11.3 Å². The lowest BCUT2D eigenvalue weighted by Crippen LogP contribution is -1.91. The van der Waals surface area contributed by atoms with Crippen LogP contribution in [0.3, 0.4) is 0 Å². The van der Waals surface area contributed by atoms with Gasteiger partial charge in [0.25, 0.3) is 0 Å². The summed E-state index contributed by atoms with van der Waals surface area (Å²) in [5.74, 6) is 0.212. The Balaban J connectivity index is 2.90. The smallest absolute Gasteiger partial charge is 0.127 e. The monoisotopic (exact) mass is 170 g/mol. The van der Waals surface area contributed by atoms with Crippen molar-refractivity contribution < 1.29 is 13.9 Å². The minimum absolute atomic E-state index is 0.304. The molecule has 1 aromatic rings. The third kappa shape index (κ3) is 2.20. The molecule has 0 aliphatic heterocycles. The normalized spacial score (nSPS) is 9.92. The zero-order valence-electron chi connectivity index (χ0n) is 7.13. The fourth-order valence-electron chi connectivity index (χ4n) is 0.989. The zero-order valence-corrected chi connectivity index (χ0v) is 7.13. The standard InChI is InChI=1S/C9H11FO2/c1-11-6-7-3-8(10)5-9(4-7)12-2/h3-5H,6H2,1-2H3. The molecule has 3 heteroatoms. The van der Waals surface area contributed by atoms with Gasteiger partial charge in [0.15, 0.2) is 0 Å². The Morgan fingerprint density at radius 1 is 1.25 bits per heavy atom. The van der Waals surface area contributed by atoms with Crippen LogP contribution in [0.2, 0.25) is 0 Å². The number of benzene rings is 1. The summed E-state index contributed by atoms with van der Waals surface area (Å²) < 4.78 is 22.5. The third-order valence-electron chi connectivity index (χ3n) is 1.48. The maximum Gasteiger partial charge on any atom is 0.127 e. The molecule has 0 heterocycles. The molecule has 0 saturated carbocycles. The van der Waals surface area contributed by atoms with Crippen LogP contribution in [0.5, 0.6) is 5.75 Å². The molecule has 0 unspecified atom stereocenters. The van der Waals surface area contributed by atoms with Crippen LogP contribution in [0.25, 0.3) is 0 Å². The van der Waals surface area contributed by atoms with Gasteiger partial charge in [0.05, 0.1) is 13.7 Å². The quantitative estimate of drug-likeness (QED) is 0.690. The van der Waals surface area contributed by atoms with Crippen molar-refractivity contribution >= 4 is 0 Å². The largest absolute Gasteiger partial charge is 0.497 e. The highest BCUT2D eigenvalue weighted by Gasteiger charge is 1.99. The number of methoxy groups -OCH3 is 2. The van der Waals surface area contributed by atoms with Crippen molar-refractivity contribution in [3.8, 4) is 5.75 Å². The Morgan fingerprint density at radius 2 is 2.00 bits per heavy atom. The topological polar surface area (TPSA) is 18.5 Å². The summed E-state index contributed by atoms with van der Waals surface area (Å²) in [6, 6.07) is 4.50. The Hall–Kier alpha value is -1.09. The summed E-state index contributed by atoms with van der Waals surface area (Å²) >= 11 is 0. The summed E-state index contributed by atoms with van der Waals surface area (Å²) in [5.41, 5.74) is 0.773. The van der Waals surface area contributed by atoms with Gasteiger partial charge >= 0.3 is 0 Å². The summed E-state index contributed by atoms with van der Waals surface area (Å²) in [6.07, 6.45) is 0. The van der Waals surface area contributed by atoms with Gasteiger partial charge < -0.3 is 9.47 Å². The molecule has 0 bridgehead atoms. The van der Waals surface area contributed by atoms with Crippen molar-refractivity contribution in [2.45, 2.75) is 6.61 Å². The molecular weight excluding hydrogens is 159 g/mol. The molecule has 0 radical (unpaired) electrons. The Labute approximate surface area is 70.9 Å². The molecule has 66 valence electrons. The number of hydrogen-bond acceptors (Lipinski definition) is 2. The molecule has 2 nitrogen and oxygen atoms in total. The molecule has 12 heavy (non-hydrogen) atoms. The van der Waals surface area contributed by atoms with Crippen molar-refractivity contribution in [2.75, 3.05) is 14.2 Å². The first-order valence-electron chi connectivity index (χ1n) is 3.58. The first-order valence-corrected chi connectivity index (χ1v) is 3.58. The first kappa shape index (κ1) is 9.00. The Bertz CT molecular complexity index is 261. The van der Waals surface area contributed by atoms with E-state index in [-0.39, 0.29) is 5.82 Å². The van der Waals surface area contributed by atoms with Crippen LogP contribution in [0.15, 0.2) is 18.2 Å². The summed E-state index contributed by atoms with van der Waals surface area (Å²) in [6.45, 7) is 0.397. The molecule has 1 rings (SSSR count). The second kappa shape index (κ2) is 4.07. The van der Waals surface area contributed by atoms with Crippen LogP contribution >= 0.6 is 0 Å². The van der Waals surface area contributed by atoms with E-state index < -0.39 is 0 Å². The van der Waals surface area contributed by atoms with E-state index in [1.54, 1.807) is 13.2 Å². The predicted octanol–water partition coefficient (Wildman–Crippen LogP) is 1.98. The lowest BCUT2D eigenvalue weighted by Gasteiger charge is -2.03. The number of hydrogen-bond donors (Lipinski definition) is 0. The van der Waals surface area contributed by atoms with E-state index in [9.17, 15) is 4.39 Å². The number of rotatable bonds is 3. The lowest BCUT2D eigenvalue weighted by molar-refractivity contribution is 0.184. The van der Waals surface area contributed by atoms with Crippen LogP contribution < -0.4 is 4.74 Å². The second-order valence-electron chi connectivity index (χ2n) is 2.43. The predicted molar refractivity (Wildman–Crippen MR) is 43.7 cm³/mol. The van der Waals surface area contributed by atoms with Gasteiger partial charge in [-0.2, -0.15) is 0 Å². The lowest BCUT2D eigenvalue weighted by atomic mass is 10.2. The van der Waals surface area contributed by atoms with Gasteiger partial charge in [-0.25, -0.2) is 4.39 Å². The van der Waals surface area contributed by atoms with Gasteiger partial charge in [-0.15, -0.1) is 0 Å². The summed E-state index contributed by atoms with van der Waals surface area (Å²) in [4.78, 5) is 0. The molecule has 0 aliphatic carbocycles. The van der Waals surface area contributed by atoms with Crippen molar-refractivity contribution in [1.82, 2.24) is 0 Å². The van der Waals surface area contributed by atoms with E-state index in [0.717, 1.165) is 5.56 Å². The average molecular weight is 170 g/mol. The van der Waals surface area contributed by atoms with E-state index in [1.807, 2.05) is 0 Å². The van der Waals surface area contributed by atoms with Crippen molar-refractivity contribution in [1.29, 1.82) is 0 Å². The minimum atomic E-state index is -0.304. The van der Waals surface area contributed by atoms with Crippen LogP contribution in [-0.4, -0.2) is 14.2 Å². The van der Waals surface area contributed by atoms with Crippen molar-refractivity contribution in [3.63, 3.8) is 0 Å². The van der Waals surface area contributed by atoms with Gasteiger partial charge in [-0.05, 0) is 17.7 Å². The summed E-state index contributed by atoms with van der Waals surface area (Å²) in [5, 5.41) is 0. The maximum atomic E-state index is 12.8. The Morgan fingerprint density at radius 3 is 2.58 bits per heavy atom. The van der Waals surface area contributed by atoms with Crippen LogP contribution in [0, 0.1) is 5.82 Å². The maximum absolute atomic E-state index is 12.8. The average Bonchev–Trinajstić information content (AvgIpc) is 2.04. The molecule has 0 spiro atoms. The highest BCUT2D eigenvalue weighted by Crippen LogP contribution is 2.16. The molecule has 0 saturated heterocycles. The minimum Gasteiger partial charge on any atom is -0.497 e. The van der Waals surface area contributed by atoms with E-state index in [1.165, 1.54) is 19.2 Å². The zero-order chi connectivity index (χ0) is 8.97. The molecule has 0 aliphatic rings. The fourth-order valence-corrected chi connectivity index (χ4v) is 0.989. The number of ether oxygens (including phenoxy) is 2. The molecule has 0 N–H and O–H groups in total. The molecule has 1 aromatic carbocycles. The molecule has 0 atom stereocenters. The SMILES string of the molecule is COCc1cc(F)cc(OC)c1. The summed E-state index contributed by atoms with van der Waals surface area (Å²) in [7, 11) is 3.07. The van der Waals surface area contributed by atoms with Crippen LogP contribution in [0.1, 0.15) is 5.56 Å². The second-order valence-corrected chi connectivity index (χ2v) is 2.43. The van der Waals surface area contributed by atoms with Crippen molar-refractivity contribution in [2.24, 2.45) is 0 Å². The Kier molecular flexibility index (Phi) is 3.05. The molecular formula is C9H11FO2. The van der Waals surface area contributed by atoms with Crippen LogP contribution in [0.4, 0.5) is 4.39 Å². The van der Waals surface area contributed by atoms with E-state index in [2.05, 4.69) is 0 Å². The van der Waals surface area contributed by atoms with Gasteiger partial charge in [-0.3, -0.25) is 0 Å². The van der Waals surface area contributed by atoms with E-state index in [0.29, 0.717) is 12.4 Å². The molecule has 0 fully saturated rings. The highest BCUT2D eigenvalue weighted by molar-refractivity contribution is 5.29. The van der Waals surface area contributed by atoms with Gasteiger partial charge in [-0.1, -0.05) is 0 Å². The first-order chi connectivity index (χ1) is 5.76. The van der Waals surface area contributed by atoms with Gasteiger partial charge in [0, 0.05) is 13.2 Å². The fraction of sp³-hybridized carbons (Fsp3) is 0.333. The van der Waals surface area contributed by atoms with E-state index in [4.69, 9.17) is 9.47 Å². The van der Waals surface area contributed by atoms with Crippen molar-refractivity contribution in [3.05, 3.63) is 29.6 Å². The van der Waals surface area contributed by atoms with E-state index >= 15 is 0 Å². The third-order valence-corrected chi connectivity index (χ3v) is 1.48. The van der Waals surface area contributed by atoms with Gasteiger partial charge in [0.1, 0.15) is 11.6 Å². The number of halogens is 1. The van der Waals surface area contributed by atoms with Gasteiger partial charge in [0.2, 0.25) is 0 Å². The molecule has 0 aromatic heterocycles.